The number of methoxy groups -OCH3 is 2. The maximum atomic E-state index is 5.66. The molecular formula is C13H23N3O3. The molecular weight excluding hydrogens is 246 g/mol. The van der Waals surface area contributed by atoms with Gasteiger partial charge in [0.2, 0.25) is 0 Å². The van der Waals surface area contributed by atoms with Gasteiger partial charge in [-0.05, 0) is 0 Å². The minimum absolute atomic E-state index is 0.206. The van der Waals surface area contributed by atoms with Crippen LogP contribution in [-0.4, -0.2) is 55.7 Å². The van der Waals surface area contributed by atoms with E-state index >= 15 is 0 Å². The molecule has 0 saturated carbocycles. The lowest BCUT2D eigenvalue weighted by molar-refractivity contribution is -0.0300. The van der Waals surface area contributed by atoms with Crippen LogP contribution in [0.1, 0.15) is 12.1 Å². The summed E-state index contributed by atoms with van der Waals surface area (Å²) in [6.45, 7) is 4.53. The van der Waals surface area contributed by atoms with Gasteiger partial charge < -0.3 is 24.1 Å². The Balaban J connectivity index is 1.91. The fourth-order valence-electron chi connectivity index (χ4n) is 2.28. The lowest BCUT2D eigenvalue weighted by Crippen LogP contribution is -2.37. The van der Waals surface area contributed by atoms with E-state index in [4.69, 9.17) is 14.2 Å². The van der Waals surface area contributed by atoms with Crippen molar-refractivity contribution in [2.75, 3.05) is 40.6 Å². The maximum absolute atomic E-state index is 5.66. The molecule has 0 bridgehead atoms. The van der Waals surface area contributed by atoms with Crippen molar-refractivity contribution in [3.8, 4) is 0 Å². The summed E-state index contributed by atoms with van der Waals surface area (Å²) in [6.07, 6.45) is 4.67. The summed E-state index contributed by atoms with van der Waals surface area (Å²) in [5.41, 5.74) is 0.946. The predicted molar refractivity (Wildman–Crippen MR) is 71.0 cm³/mol. The number of aromatic nitrogens is 2. The van der Waals surface area contributed by atoms with Crippen LogP contribution in [0.4, 0.5) is 0 Å². The van der Waals surface area contributed by atoms with Crippen LogP contribution in [0, 0.1) is 0 Å². The zero-order valence-electron chi connectivity index (χ0n) is 11.7. The first-order valence-electron chi connectivity index (χ1n) is 6.61. The number of hydrogen-bond acceptors (Lipinski definition) is 5. The number of nitrogens with zero attached hydrogens (tertiary/aromatic N) is 2. The second-order valence-corrected chi connectivity index (χ2v) is 4.87. The third-order valence-corrected chi connectivity index (χ3v) is 3.55. The van der Waals surface area contributed by atoms with Crippen LogP contribution in [0.3, 0.4) is 0 Å². The molecule has 1 fully saturated rings. The molecule has 6 nitrogen and oxygen atoms in total. The molecule has 1 saturated heterocycles. The highest BCUT2D eigenvalue weighted by atomic mass is 16.5. The van der Waals surface area contributed by atoms with Gasteiger partial charge in [0.05, 0.1) is 31.8 Å². The van der Waals surface area contributed by atoms with E-state index in [0.717, 1.165) is 38.4 Å². The van der Waals surface area contributed by atoms with E-state index in [9.17, 15) is 0 Å². The molecule has 6 heteroatoms. The molecule has 1 unspecified atom stereocenters. The molecule has 0 amide bonds. The van der Waals surface area contributed by atoms with Crippen LogP contribution >= 0.6 is 0 Å². The molecule has 0 spiro atoms. The van der Waals surface area contributed by atoms with Crippen LogP contribution in [0.2, 0.25) is 0 Å². The topological polar surface area (TPSA) is 57.5 Å². The second kappa shape index (κ2) is 7.00. The monoisotopic (exact) mass is 269 g/mol. The van der Waals surface area contributed by atoms with Gasteiger partial charge in [0.15, 0.2) is 0 Å². The largest absolute Gasteiger partial charge is 0.383 e. The molecule has 108 valence electrons. The van der Waals surface area contributed by atoms with Gasteiger partial charge in [-0.2, -0.15) is 0 Å². The Hall–Kier alpha value is -0.950. The SMILES string of the molecule is COCCNCc1cncn1CC1(OC)CCOC1. The molecule has 1 aromatic heterocycles. The van der Waals surface area contributed by atoms with Crippen LogP contribution in [-0.2, 0) is 27.3 Å². The lowest BCUT2D eigenvalue weighted by atomic mass is 10.0. The highest BCUT2D eigenvalue weighted by Gasteiger charge is 2.35. The van der Waals surface area contributed by atoms with Gasteiger partial charge >= 0.3 is 0 Å². The molecule has 0 aliphatic carbocycles. The van der Waals surface area contributed by atoms with Crippen LogP contribution < -0.4 is 5.32 Å². The van der Waals surface area contributed by atoms with Crippen molar-refractivity contribution in [2.24, 2.45) is 0 Å². The first-order chi connectivity index (χ1) is 9.29. The van der Waals surface area contributed by atoms with Crippen molar-refractivity contribution < 1.29 is 14.2 Å². The quantitative estimate of drug-likeness (QED) is 0.693. The van der Waals surface area contributed by atoms with E-state index in [1.807, 2.05) is 12.5 Å². The van der Waals surface area contributed by atoms with Crippen molar-refractivity contribution in [2.45, 2.75) is 25.1 Å². The minimum Gasteiger partial charge on any atom is -0.383 e. The number of hydrogen-bond donors (Lipinski definition) is 1. The van der Waals surface area contributed by atoms with Gasteiger partial charge in [-0.15, -0.1) is 0 Å². The third-order valence-electron chi connectivity index (χ3n) is 3.55. The predicted octanol–water partition coefficient (Wildman–Crippen LogP) is 0.425. The normalized spacial score (nSPS) is 23.1. The Morgan fingerprint density at radius 1 is 1.53 bits per heavy atom. The molecule has 0 radical (unpaired) electrons. The fraction of sp³-hybridized carbons (Fsp3) is 0.769. The van der Waals surface area contributed by atoms with E-state index in [0.29, 0.717) is 13.2 Å². The highest BCUT2D eigenvalue weighted by Crippen LogP contribution is 2.25. The molecule has 1 aliphatic heterocycles. The van der Waals surface area contributed by atoms with Gasteiger partial charge in [-0.25, -0.2) is 4.98 Å². The van der Waals surface area contributed by atoms with Crippen molar-refractivity contribution >= 4 is 0 Å². The Labute approximate surface area is 114 Å². The summed E-state index contributed by atoms with van der Waals surface area (Å²) in [5.74, 6) is 0. The number of nitrogens with one attached hydrogen (secondary N) is 1. The van der Waals surface area contributed by atoms with Crippen LogP contribution in [0.15, 0.2) is 12.5 Å². The molecule has 1 aliphatic rings. The minimum atomic E-state index is -0.206. The van der Waals surface area contributed by atoms with Crippen molar-refractivity contribution in [1.82, 2.24) is 14.9 Å². The third kappa shape index (κ3) is 3.76. The van der Waals surface area contributed by atoms with Crippen molar-refractivity contribution in [3.05, 3.63) is 18.2 Å². The zero-order valence-corrected chi connectivity index (χ0v) is 11.7. The Bertz CT molecular complexity index is 375. The van der Waals surface area contributed by atoms with E-state index in [-0.39, 0.29) is 5.60 Å². The van der Waals surface area contributed by atoms with Gasteiger partial charge in [0, 0.05) is 46.5 Å². The summed E-state index contributed by atoms with van der Waals surface area (Å²) in [5, 5.41) is 3.33. The second-order valence-electron chi connectivity index (χ2n) is 4.87. The molecule has 0 aromatic carbocycles. The zero-order chi connectivity index (χ0) is 13.6. The van der Waals surface area contributed by atoms with Crippen LogP contribution in [0.5, 0.6) is 0 Å². The Kier molecular flexibility index (Phi) is 5.33. The van der Waals surface area contributed by atoms with Crippen molar-refractivity contribution in [3.63, 3.8) is 0 Å². The lowest BCUT2D eigenvalue weighted by Gasteiger charge is -2.27. The average molecular weight is 269 g/mol. The van der Waals surface area contributed by atoms with E-state index < -0.39 is 0 Å². The molecule has 2 rings (SSSR count). The van der Waals surface area contributed by atoms with Gasteiger partial charge in [0.25, 0.3) is 0 Å². The summed E-state index contributed by atoms with van der Waals surface area (Å²) in [6, 6.07) is 0. The molecule has 1 aromatic rings. The summed E-state index contributed by atoms with van der Waals surface area (Å²) >= 11 is 0. The number of rotatable bonds is 8. The fourth-order valence-corrected chi connectivity index (χ4v) is 2.28. The Morgan fingerprint density at radius 2 is 2.42 bits per heavy atom. The smallest absolute Gasteiger partial charge is 0.111 e. The van der Waals surface area contributed by atoms with E-state index in [1.165, 1.54) is 0 Å². The Morgan fingerprint density at radius 3 is 3.11 bits per heavy atom. The van der Waals surface area contributed by atoms with E-state index in [2.05, 4.69) is 14.9 Å². The van der Waals surface area contributed by atoms with Gasteiger partial charge in [-0.3, -0.25) is 0 Å². The summed E-state index contributed by atoms with van der Waals surface area (Å²) in [7, 11) is 3.45. The molecule has 19 heavy (non-hydrogen) atoms. The van der Waals surface area contributed by atoms with Crippen molar-refractivity contribution in [1.29, 1.82) is 0 Å². The molecule has 2 heterocycles. The van der Waals surface area contributed by atoms with Gasteiger partial charge in [0.1, 0.15) is 5.60 Å². The number of ether oxygens (including phenoxy) is 3. The van der Waals surface area contributed by atoms with Crippen LogP contribution in [0.25, 0.3) is 0 Å². The van der Waals surface area contributed by atoms with E-state index in [1.54, 1.807) is 14.2 Å². The summed E-state index contributed by atoms with van der Waals surface area (Å²) in [4.78, 5) is 4.22. The molecule has 1 atom stereocenters. The maximum Gasteiger partial charge on any atom is 0.111 e. The average Bonchev–Trinajstić information content (AvgIpc) is 3.06. The van der Waals surface area contributed by atoms with Gasteiger partial charge in [-0.1, -0.05) is 0 Å². The standard InChI is InChI=1S/C13H23N3O3/c1-17-6-4-14-7-12-8-15-11-16(12)9-13(18-2)3-5-19-10-13/h8,11,14H,3-7,9-10H2,1-2H3. The first kappa shape index (κ1) is 14.5. The first-order valence-corrected chi connectivity index (χ1v) is 6.61. The molecule has 1 N–H and O–H groups in total. The summed E-state index contributed by atoms with van der Waals surface area (Å²) < 4.78 is 18.3. The number of imidazole rings is 1. The highest BCUT2D eigenvalue weighted by molar-refractivity contribution is 5.00.